The smallest absolute Gasteiger partial charge is 0.0620 e. The Morgan fingerprint density at radius 3 is 3.00 bits per heavy atom. The minimum atomic E-state index is 0.313. The number of rotatable bonds is 4. The van der Waals surface area contributed by atoms with Crippen LogP contribution in [0.1, 0.15) is 19.3 Å². The zero-order valence-electron chi connectivity index (χ0n) is 6.88. The first-order valence-corrected chi connectivity index (χ1v) is 4.35. The van der Waals surface area contributed by atoms with E-state index in [4.69, 9.17) is 9.84 Å². The quantitative estimate of drug-likeness (QED) is 0.573. The van der Waals surface area contributed by atoms with E-state index in [-0.39, 0.29) is 0 Å². The topological polar surface area (TPSA) is 41.5 Å². The van der Waals surface area contributed by atoms with Gasteiger partial charge in [0.05, 0.1) is 13.2 Å². The molecule has 0 aromatic carbocycles. The Labute approximate surface area is 67.7 Å². The van der Waals surface area contributed by atoms with E-state index in [0.29, 0.717) is 12.6 Å². The molecule has 1 fully saturated rings. The summed E-state index contributed by atoms with van der Waals surface area (Å²) in [5.74, 6) is 0. The van der Waals surface area contributed by atoms with Gasteiger partial charge in [-0.25, -0.2) is 0 Å². The molecule has 1 rings (SSSR count). The largest absolute Gasteiger partial charge is 0.396 e. The molecule has 0 saturated carbocycles. The maximum atomic E-state index is 8.54. The fraction of sp³-hybridized carbons (Fsp3) is 1.00. The fourth-order valence-electron chi connectivity index (χ4n) is 1.31. The summed E-state index contributed by atoms with van der Waals surface area (Å²) in [5.41, 5.74) is 0. The first kappa shape index (κ1) is 8.97. The Hall–Kier alpha value is -0.120. The maximum absolute atomic E-state index is 8.54. The second-order valence-electron chi connectivity index (χ2n) is 2.95. The molecular formula is C8H17NO2. The molecule has 2 N–H and O–H groups in total. The second-order valence-corrected chi connectivity index (χ2v) is 2.95. The van der Waals surface area contributed by atoms with Gasteiger partial charge >= 0.3 is 0 Å². The first-order chi connectivity index (χ1) is 5.43. The zero-order chi connectivity index (χ0) is 7.94. The molecule has 1 saturated heterocycles. The van der Waals surface area contributed by atoms with Crippen molar-refractivity contribution in [3.8, 4) is 0 Å². The summed E-state index contributed by atoms with van der Waals surface area (Å²) in [6, 6.07) is 0.523. The van der Waals surface area contributed by atoms with Gasteiger partial charge in [-0.15, -0.1) is 0 Å². The van der Waals surface area contributed by atoms with Gasteiger partial charge in [-0.05, 0) is 19.3 Å². The molecule has 1 aliphatic heterocycles. The van der Waals surface area contributed by atoms with Crippen LogP contribution in [0.25, 0.3) is 0 Å². The van der Waals surface area contributed by atoms with Crippen molar-refractivity contribution in [3.05, 3.63) is 0 Å². The van der Waals surface area contributed by atoms with Crippen molar-refractivity contribution < 1.29 is 9.84 Å². The van der Waals surface area contributed by atoms with Gasteiger partial charge in [0.25, 0.3) is 0 Å². The van der Waals surface area contributed by atoms with Crippen molar-refractivity contribution in [2.45, 2.75) is 25.3 Å². The van der Waals surface area contributed by atoms with Gasteiger partial charge < -0.3 is 15.2 Å². The summed E-state index contributed by atoms with van der Waals surface area (Å²) < 4.78 is 5.29. The number of hydrogen-bond acceptors (Lipinski definition) is 3. The van der Waals surface area contributed by atoms with E-state index in [1.54, 1.807) is 0 Å². The summed E-state index contributed by atoms with van der Waals surface area (Å²) in [6.07, 6.45) is 3.14. The molecule has 0 aromatic heterocycles. The van der Waals surface area contributed by atoms with Crippen molar-refractivity contribution in [1.82, 2.24) is 5.32 Å². The van der Waals surface area contributed by atoms with Gasteiger partial charge in [-0.2, -0.15) is 0 Å². The van der Waals surface area contributed by atoms with Crippen LogP contribution >= 0.6 is 0 Å². The predicted molar refractivity (Wildman–Crippen MR) is 43.5 cm³/mol. The monoisotopic (exact) mass is 159 g/mol. The lowest BCUT2D eigenvalue weighted by Crippen LogP contribution is -2.41. The summed E-state index contributed by atoms with van der Waals surface area (Å²) >= 11 is 0. The lowest BCUT2D eigenvalue weighted by atomic mass is 10.1. The Bertz CT molecular complexity index is 92.1. The summed E-state index contributed by atoms with van der Waals surface area (Å²) in [5, 5.41) is 11.9. The average Bonchev–Trinajstić information content (AvgIpc) is 2.07. The molecule has 0 aromatic rings. The van der Waals surface area contributed by atoms with E-state index in [0.717, 1.165) is 39.0 Å². The molecule has 1 atom stereocenters. The maximum Gasteiger partial charge on any atom is 0.0620 e. The number of morpholine rings is 1. The van der Waals surface area contributed by atoms with Crippen molar-refractivity contribution in [2.75, 3.05) is 26.4 Å². The third-order valence-electron chi connectivity index (χ3n) is 1.96. The Balaban J connectivity index is 1.96. The van der Waals surface area contributed by atoms with Gasteiger partial charge in [-0.3, -0.25) is 0 Å². The van der Waals surface area contributed by atoms with Gasteiger partial charge in [-0.1, -0.05) is 0 Å². The van der Waals surface area contributed by atoms with E-state index in [1.165, 1.54) is 0 Å². The lowest BCUT2D eigenvalue weighted by Gasteiger charge is -2.23. The number of ether oxygens (including phenoxy) is 1. The predicted octanol–water partition coefficient (Wildman–Crippen LogP) is 0.137. The average molecular weight is 159 g/mol. The van der Waals surface area contributed by atoms with E-state index < -0.39 is 0 Å². The molecule has 1 unspecified atom stereocenters. The number of aliphatic hydroxyl groups is 1. The molecule has 0 radical (unpaired) electrons. The second kappa shape index (κ2) is 5.52. The SMILES string of the molecule is OCCCCC1COCCN1. The minimum Gasteiger partial charge on any atom is -0.396 e. The molecule has 3 nitrogen and oxygen atoms in total. The zero-order valence-corrected chi connectivity index (χ0v) is 6.88. The summed E-state index contributed by atoms with van der Waals surface area (Å²) in [6.45, 7) is 2.97. The number of hydrogen-bond donors (Lipinski definition) is 2. The van der Waals surface area contributed by atoms with Crippen LogP contribution in [0.2, 0.25) is 0 Å². The summed E-state index contributed by atoms with van der Waals surface area (Å²) in [7, 11) is 0. The van der Waals surface area contributed by atoms with Crippen LogP contribution in [0.4, 0.5) is 0 Å². The Kier molecular flexibility index (Phi) is 4.50. The number of nitrogens with one attached hydrogen (secondary N) is 1. The minimum absolute atomic E-state index is 0.313. The standard InChI is InChI=1S/C8H17NO2/c10-5-2-1-3-8-7-11-6-4-9-8/h8-10H,1-7H2. The van der Waals surface area contributed by atoms with Crippen LogP contribution in [-0.2, 0) is 4.74 Å². The van der Waals surface area contributed by atoms with Crippen LogP contribution in [0.3, 0.4) is 0 Å². The van der Waals surface area contributed by atoms with Crippen molar-refractivity contribution in [2.24, 2.45) is 0 Å². The van der Waals surface area contributed by atoms with Crippen LogP contribution in [0.5, 0.6) is 0 Å². The molecule has 0 spiro atoms. The van der Waals surface area contributed by atoms with Gasteiger partial charge in [0.1, 0.15) is 0 Å². The van der Waals surface area contributed by atoms with Crippen LogP contribution in [0, 0.1) is 0 Å². The van der Waals surface area contributed by atoms with Crippen LogP contribution in [-0.4, -0.2) is 37.5 Å². The molecular weight excluding hydrogens is 142 g/mol. The van der Waals surface area contributed by atoms with E-state index in [1.807, 2.05) is 0 Å². The molecule has 1 aliphatic rings. The van der Waals surface area contributed by atoms with E-state index >= 15 is 0 Å². The first-order valence-electron chi connectivity index (χ1n) is 4.35. The molecule has 11 heavy (non-hydrogen) atoms. The third kappa shape index (κ3) is 3.70. The van der Waals surface area contributed by atoms with Gasteiger partial charge in [0, 0.05) is 19.2 Å². The molecule has 1 heterocycles. The molecule has 0 aliphatic carbocycles. The molecule has 66 valence electrons. The molecule has 0 bridgehead atoms. The van der Waals surface area contributed by atoms with Crippen molar-refractivity contribution in [1.29, 1.82) is 0 Å². The molecule has 3 heteroatoms. The highest BCUT2D eigenvalue weighted by atomic mass is 16.5. The van der Waals surface area contributed by atoms with E-state index in [9.17, 15) is 0 Å². The summed E-state index contributed by atoms with van der Waals surface area (Å²) in [4.78, 5) is 0. The Morgan fingerprint density at radius 2 is 2.36 bits per heavy atom. The van der Waals surface area contributed by atoms with E-state index in [2.05, 4.69) is 5.32 Å². The van der Waals surface area contributed by atoms with Crippen LogP contribution in [0.15, 0.2) is 0 Å². The van der Waals surface area contributed by atoms with Crippen molar-refractivity contribution in [3.63, 3.8) is 0 Å². The normalized spacial score (nSPS) is 25.4. The molecule has 0 amide bonds. The van der Waals surface area contributed by atoms with Crippen molar-refractivity contribution >= 4 is 0 Å². The Morgan fingerprint density at radius 1 is 1.45 bits per heavy atom. The number of aliphatic hydroxyl groups excluding tert-OH is 1. The highest BCUT2D eigenvalue weighted by Crippen LogP contribution is 2.03. The number of unbranched alkanes of at least 4 members (excludes halogenated alkanes) is 1. The van der Waals surface area contributed by atoms with Gasteiger partial charge in [0.15, 0.2) is 0 Å². The third-order valence-corrected chi connectivity index (χ3v) is 1.96. The fourth-order valence-corrected chi connectivity index (χ4v) is 1.31. The van der Waals surface area contributed by atoms with Crippen LogP contribution < -0.4 is 5.32 Å². The highest BCUT2D eigenvalue weighted by Gasteiger charge is 2.11. The highest BCUT2D eigenvalue weighted by molar-refractivity contribution is 4.69. The van der Waals surface area contributed by atoms with Gasteiger partial charge in [0.2, 0.25) is 0 Å². The lowest BCUT2D eigenvalue weighted by molar-refractivity contribution is 0.0729.